The summed E-state index contributed by atoms with van der Waals surface area (Å²) in [4.78, 5) is 1.53. The first-order valence-corrected chi connectivity index (χ1v) is 8.38. The first-order chi connectivity index (χ1) is 11.1. The molecule has 2 aromatic rings. The Morgan fingerprint density at radius 3 is 2.70 bits per heavy atom. The molecule has 3 nitrogen and oxygen atoms in total. The Morgan fingerprint density at radius 2 is 2.00 bits per heavy atom. The highest BCUT2D eigenvalue weighted by Crippen LogP contribution is 2.42. The van der Waals surface area contributed by atoms with E-state index in [1.165, 1.54) is 17.3 Å². The van der Waals surface area contributed by atoms with Gasteiger partial charge in [-0.05, 0) is 37.6 Å². The number of nitriles is 1. The maximum atomic E-state index is 9.54. The van der Waals surface area contributed by atoms with Crippen molar-refractivity contribution in [3.05, 3.63) is 64.2 Å². The van der Waals surface area contributed by atoms with Gasteiger partial charge in [0, 0.05) is 10.6 Å². The maximum Gasteiger partial charge on any atom is 0.124 e. The molecule has 0 aliphatic carbocycles. The second-order valence-electron chi connectivity index (χ2n) is 5.31. The third-order valence-corrected chi connectivity index (χ3v) is 4.94. The lowest BCUT2D eigenvalue weighted by atomic mass is 10.1. The van der Waals surface area contributed by atoms with Crippen molar-refractivity contribution in [3.8, 4) is 6.07 Å². The molecule has 1 heterocycles. The molecule has 0 saturated carbocycles. The van der Waals surface area contributed by atoms with Crippen molar-refractivity contribution in [2.24, 2.45) is 0 Å². The molecule has 0 spiro atoms. The quantitative estimate of drug-likeness (QED) is 0.459. The molecule has 0 radical (unpaired) electrons. The van der Waals surface area contributed by atoms with E-state index in [9.17, 15) is 5.26 Å². The molecule has 0 bridgehead atoms. The first-order valence-electron chi connectivity index (χ1n) is 7.15. The van der Waals surface area contributed by atoms with Gasteiger partial charge in [0.1, 0.15) is 16.6 Å². The molecule has 0 fully saturated rings. The number of hydrogen-bond donors (Lipinski definition) is 2. The van der Waals surface area contributed by atoms with Gasteiger partial charge in [0.05, 0.1) is 10.7 Å². The Hall–Kier alpha value is -2.29. The Kier molecular flexibility index (Phi) is 4.37. The van der Waals surface area contributed by atoms with Crippen molar-refractivity contribution < 1.29 is 0 Å². The Balaban J connectivity index is 1.86. The van der Waals surface area contributed by atoms with E-state index >= 15 is 0 Å². The zero-order chi connectivity index (χ0) is 16.4. The van der Waals surface area contributed by atoms with Gasteiger partial charge in [-0.2, -0.15) is 5.26 Å². The summed E-state index contributed by atoms with van der Waals surface area (Å²) < 4.78 is 0. The molecule has 5 heteroatoms. The second kappa shape index (κ2) is 6.45. The van der Waals surface area contributed by atoms with Crippen LogP contribution in [0.4, 0.5) is 11.4 Å². The van der Waals surface area contributed by atoms with E-state index in [1.54, 1.807) is 0 Å². The van der Waals surface area contributed by atoms with Crippen LogP contribution in [0.2, 0.25) is 0 Å². The molecular weight excluding hydrogens is 322 g/mol. The molecule has 23 heavy (non-hydrogen) atoms. The first kappa shape index (κ1) is 15.6. The summed E-state index contributed by atoms with van der Waals surface area (Å²) >= 11 is 6.98. The molecular formula is C18H15N3S2. The van der Waals surface area contributed by atoms with Crippen molar-refractivity contribution in [1.29, 1.82) is 5.26 Å². The monoisotopic (exact) mass is 337 g/mol. The molecule has 0 atom stereocenters. The van der Waals surface area contributed by atoms with Crippen LogP contribution in [0.5, 0.6) is 0 Å². The number of nitrogens with zero attached hydrogens (tertiary/aromatic N) is 1. The number of anilines is 2. The fourth-order valence-electron chi connectivity index (χ4n) is 2.37. The summed E-state index contributed by atoms with van der Waals surface area (Å²) in [5, 5.41) is 16.8. The van der Waals surface area contributed by atoms with Crippen molar-refractivity contribution in [2.45, 2.75) is 18.7 Å². The smallest absolute Gasteiger partial charge is 0.124 e. The van der Waals surface area contributed by atoms with Crippen molar-refractivity contribution in [3.63, 3.8) is 0 Å². The standard InChI is InChI=1S/C18H15N3S2/c1-11-7-8-14(12(2)9-11)20-17(22)13(10-19)18-21-15-5-3-4-6-16(15)23-18/h3-9,21H,1-2H3,(H,20,22)/b18-13-. The number of para-hydroxylation sites is 1. The summed E-state index contributed by atoms with van der Waals surface area (Å²) in [5.74, 6) is 0. The molecule has 0 unspecified atom stereocenters. The number of thiocarbonyl (C=S) groups is 1. The predicted molar refractivity (Wildman–Crippen MR) is 101 cm³/mol. The number of rotatable bonds is 2. The molecule has 0 aromatic heterocycles. The van der Waals surface area contributed by atoms with Crippen LogP contribution in [-0.2, 0) is 0 Å². The average molecular weight is 337 g/mol. The zero-order valence-corrected chi connectivity index (χ0v) is 14.4. The number of nitrogens with one attached hydrogen (secondary N) is 2. The molecule has 0 amide bonds. The van der Waals surface area contributed by atoms with E-state index in [1.807, 2.05) is 50.2 Å². The van der Waals surface area contributed by atoms with Gasteiger partial charge >= 0.3 is 0 Å². The van der Waals surface area contributed by atoms with Gasteiger partial charge in [-0.25, -0.2) is 0 Å². The number of hydrogen-bond acceptors (Lipinski definition) is 4. The second-order valence-corrected chi connectivity index (χ2v) is 6.77. The van der Waals surface area contributed by atoms with E-state index in [4.69, 9.17) is 12.2 Å². The molecule has 1 aliphatic heterocycles. The van der Waals surface area contributed by atoms with Crippen LogP contribution in [0, 0.1) is 25.2 Å². The van der Waals surface area contributed by atoms with Crippen LogP contribution < -0.4 is 10.6 Å². The number of fused-ring (bicyclic) bond motifs is 1. The lowest BCUT2D eigenvalue weighted by Gasteiger charge is -2.12. The maximum absolute atomic E-state index is 9.54. The highest BCUT2D eigenvalue weighted by atomic mass is 32.2. The summed E-state index contributed by atoms with van der Waals surface area (Å²) in [6, 6.07) is 16.3. The van der Waals surface area contributed by atoms with E-state index < -0.39 is 0 Å². The zero-order valence-electron chi connectivity index (χ0n) is 12.8. The van der Waals surface area contributed by atoms with Gasteiger partial charge in [-0.15, -0.1) is 0 Å². The van der Waals surface area contributed by atoms with E-state index in [0.717, 1.165) is 26.9 Å². The minimum Gasteiger partial charge on any atom is -0.348 e. The van der Waals surface area contributed by atoms with Gasteiger partial charge < -0.3 is 10.6 Å². The molecule has 1 aliphatic rings. The number of thioether (sulfide) groups is 1. The third kappa shape index (κ3) is 3.24. The Morgan fingerprint density at radius 1 is 1.22 bits per heavy atom. The van der Waals surface area contributed by atoms with Gasteiger partial charge in [0.2, 0.25) is 0 Å². The van der Waals surface area contributed by atoms with Gasteiger partial charge in [-0.1, -0.05) is 53.8 Å². The van der Waals surface area contributed by atoms with Crippen LogP contribution >= 0.6 is 24.0 Å². The van der Waals surface area contributed by atoms with Gasteiger partial charge in [-0.3, -0.25) is 0 Å². The van der Waals surface area contributed by atoms with Crippen LogP contribution in [0.15, 0.2) is 58.0 Å². The highest BCUT2D eigenvalue weighted by Gasteiger charge is 2.21. The van der Waals surface area contributed by atoms with Gasteiger partial charge in [0.25, 0.3) is 0 Å². The summed E-state index contributed by atoms with van der Waals surface area (Å²) in [5.41, 5.74) is 4.69. The summed E-state index contributed by atoms with van der Waals surface area (Å²) in [6.45, 7) is 4.07. The fourth-order valence-corrected chi connectivity index (χ4v) is 3.70. The molecule has 114 valence electrons. The molecule has 2 aromatic carbocycles. The summed E-state index contributed by atoms with van der Waals surface area (Å²) in [7, 11) is 0. The van der Waals surface area contributed by atoms with Crippen molar-refractivity contribution >= 4 is 40.3 Å². The van der Waals surface area contributed by atoms with Crippen LogP contribution in [0.3, 0.4) is 0 Å². The Bertz CT molecular complexity index is 836. The van der Waals surface area contributed by atoms with E-state index in [2.05, 4.69) is 22.8 Å². The summed E-state index contributed by atoms with van der Waals surface area (Å²) in [6.07, 6.45) is 0. The van der Waals surface area contributed by atoms with Crippen LogP contribution in [0.1, 0.15) is 11.1 Å². The highest BCUT2D eigenvalue weighted by molar-refractivity contribution is 8.03. The number of benzene rings is 2. The minimum atomic E-state index is 0.433. The normalized spacial score (nSPS) is 14.5. The fraction of sp³-hybridized carbons (Fsp3) is 0.111. The molecule has 0 saturated heterocycles. The van der Waals surface area contributed by atoms with Crippen LogP contribution in [0.25, 0.3) is 0 Å². The lowest BCUT2D eigenvalue weighted by Crippen LogP contribution is -2.14. The minimum absolute atomic E-state index is 0.433. The Labute approximate surface area is 145 Å². The average Bonchev–Trinajstić information content (AvgIpc) is 2.94. The predicted octanol–water partition coefficient (Wildman–Crippen LogP) is 5.00. The SMILES string of the molecule is Cc1ccc(NC(=S)/C(C#N)=C2/Nc3ccccc3S2)c(C)c1. The van der Waals surface area contributed by atoms with Gasteiger partial charge in [0.15, 0.2) is 0 Å². The topological polar surface area (TPSA) is 47.9 Å². The number of aryl methyl sites for hydroxylation is 2. The molecule has 2 N–H and O–H groups in total. The van der Waals surface area contributed by atoms with E-state index in [-0.39, 0.29) is 0 Å². The van der Waals surface area contributed by atoms with Crippen LogP contribution in [-0.4, -0.2) is 4.99 Å². The van der Waals surface area contributed by atoms with Crippen molar-refractivity contribution in [1.82, 2.24) is 0 Å². The van der Waals surface area contributed by atoms with E-state index in [0.29, 0.717) is 10.6 Å². The largest absolute Gasteiger partial charge is 0.348 e. The molecule has 3 rings (SSSR count). The lowest BCUT2D eigenvalue weighted by molar-refractivity contribution is 1.38. The van der Waals surface area contributed by atoms with Crippen molar-refractivity contribution in [2.75, 3.05) is 10.6 Å². The third-order valence-electron chi connectivity index (χ3n) is 3.54.